The van der Waals surface area contributed by atoms with Crippen molar-refractivity contribution in [1.29, 1.82) is 0 Å². The molecule has 1 aliphatic rings. The van der Waals surface area contributed by atoms with Crippen LogP contribution in [0.1, 0.15) is 25.6 Å². The number of aromatic nitrogens is 4. The number of tetrazole rings is 1. The zero-order valence-corrected chi connectivity index (χ0v) is 13.5. The van der Waals surface area contributed by atoms with Crippen molar-refractivity contribution in [3.8, 4) is 5.69 Å². The third kappa shape index (κ3) is 3.51. The normalized spacial score (nSPS) is 18.4. The number of anilines is 1. The highest BCUT2D eigenvalue weighted by Gasteiger charge is 2.23. The van der Waals surface area contributed by atoms with Crippen LogP contribution in [0.15, 0.2) is 18.2 Å². The lowest BCUT2D eigenvalue weighted by Gasteiger charge is -2.20. The van der Waals surface area contributed by atoms with Gasteiger partial charge in [-0.2, -0.15) is 4.68 Å². The van der Waals surface area contributed by atoms with Gasteiger partial charge in [0.2, 0.25) is 0 Å². The van der Waals surface area contributed by atoms with E-state index in [1.54, 1.807) is 6.92 Å². The first-order valence-corrected chi connectivity index (χ1v) is 7.78. The van der Waals surface area contributed by atoms with Crippen LogP contribution in [0.3, 0.4) is 0 Å². The van der Waals surface area contributed by atoms with Crippen molar-refractivity contribution in [3.05, 3.63) is 29.8 Å². The lowest BCUT2D eigenvalue weighted by molar-refractivity contribution is 0.0868. The molecule has 3 rings (SSSR count). The molecule has 0 radical (unpaired) electrons. The van der Waals surface area contributed by atoms with E-state index in [9.17, 15) is 9.18 Å². The minimum absolute atomic E-state index is 0.0309. The molecule has 0 bridgehead atoms. The highest BCUT2D eigenvalue weighted by Crippen LogP contribution is 2.19. The number of nitrogens with zero attached hydrogens (tertiary/aromatic N) is 4. The molecule has 24 heavy (non-hydrogen) atoms. The summed E-state index contributed by atoms with van der Waals surface area (Å²) in [5, 5.41) is 16.5. The summed E-state index contributed by atoms with van der Waals surface area (Å²) in [5.74, 6) is -0.0356. The predicted octanol–water partition coefficient (Wildman–Crippen LogP) is 1.80. The van der Waals surface area contributed by atoms with Gasteiger partial charge in [-0.05, 0) is 55.3 Å². The van der Waals surface area contributed by atoms with E-state index in [2.05, 4.69) is 26.2 Å². The highest BCUT2D eigenvalue weighted by molar-refractivity contribution is 5.89. The molecule has 2 heterocycles. The number of hydrogen-bond donors (Lipinski definition) is 2. The van der Waals surface area contributed by atoms with Gasteiger partial charge in [0.1, 0.15) is 11.5 Å². The minimum Gasteiger partial charge on any atom is -0.376 e. The van der Waals surface area contributed by atoms with Gasteiger partial charge in [-0.3, -0.25) is 0 Å². The number of benzene rings is 1. The number of carbonyl (C=O) groups excluding carboxylic acids is 1. The van der Waals surface area contributed by atoms with Crippen LogP contribution in [0.5, 0.6) is 0 Å². The lowest BCUT2D eigenvalue weighted by Crippen LogP contribution is -2.43. The Balaban J connectivity index is 1.69. The molecule has 1 aromatic heterocycles. The molecule has 0 spiro atoms. The van der Waals surface area contributed by atoms with Gasteiger partial charge < -0.3 is 15.4 Å². The Hall–Kier alpha value is -2.55. The van der Waals surface area contributed by atoms with Gasteiger partial charge in [-0.15, -0.1) is 5.10 Å². The zero-order valence-electron chi connectivity index (χ0n) is 13.5. The molecule has 2 amide bonds. The lowest BCUT2D eigenvalue weighted by atomic mass is 10.1. The average Bonchev–Trinajstić information content (AvgIpc) is 3.20. The van der Waals surface area contributed by atoms with Gasteiger partial charge in [-0.25, -0.2) is 9.18 Å². The number of aryl methyl sites for hydroxylation is 1. The number of rotatable bonds is 4. The number of halogens is 1. The second kappa shape index (κ2) is 6.91. The van der Waals surface area contributed by atoms with Gasteiger partial charge in [0.05, 0.1) is 12.1 Å². The number of carbonyl (C=O) groups is 1. The quantitative estimate of drug-likeness (QED) is 0.889. The molecule has 9 heteroatoms. The maximum atomic E-state index is 14.0. The van der Waals surface area contributed by atoms with Gasteiger partial charge in [0.15, 0.2) is 5.82 Å². The Morgan fingerprint density at radius 2 is 2.33 bits per heavy atom. The molecule has 0 unspecified atom stereocenters. The van der Waals surface area contributed by atoms with Crippen molar-refractivity contribution < 1.29 is 13.9 Å². The molecular weight excluding hydrogens is 315 g/mol. The molecule has 1 aliphatic heterocycles. The first kappa shape index (κ1) is 16.3. The summed E-state index contributed by atoms with van der Waals surface area (Å²) >= 11 is 0. The van der Waals surface area contributed by atoms with E-state index < -0.39 is 5.82 Å². The standard InChI is InChI=1S/C15H19FN6O2/c1-9(14-4-3-7-24-14)17-15(23)18-11-5-6-12(16)13(8-11)22-10(2)19-20-21-22/h5-6,8-9,14H,3-4,7H2,1-2H3,(H2,17,18,23)/t9-,14+/m0/s1. The molecule has 2 aromatic rings. The van der Waals surface area contributed by atoms with E-state index in [4.69, 9.17) is 4.74 Å². The van der Waals surface area contributed by atoms with Gasteiger partial charge >= 0.3 is 6.03 Å². The van der Waals surface area contributed by atoms with E-state index in [1.165, 1.54) is 22.9 Å². The fraction of sp³-hybridized carbons (Fsp3) is 0.467. The number of hydrogen-bond acceptors (Lipinski definition) is 5. The fourth-order valence-electron chi connectivity index (χ4n) is 2.67. The van der Waals surface area contributed by atoms with Crippen molar-refractivity contribution in [1.82, 2.24) is 25.5 Å². The predicted molar refractivity (Wildman–Crippen MR) is 84.4 cm³/mol. The summed E-state index contributed by atoms with van der Waals surface area (Å²) in [6, 6.07) is 3.75. The average molecular weight is 334 g/mol. The molecule has 1 saturated heterocycles. The van der Waals surface area contributed by atoms with E-state index >= 15 is 0 Å². The highest BCUT2D eigenvalue weighted by atomic mass is 19.1. The number of urea groups is 1. The second-order valence-electron chi connectivity index (χ2n) is 5.74. The molecule has 1 aromatic carbocycles. The second-order valence-corrected chi connectivity index (χ2v) is 5.74. The van der Waals surface area contributed by atoms with Crippen LogP contribution in [0.25, 0.3) is 5.69 Å². The smallest absolute Gasteiger partial charge is 0.319 e. The Kier molecular flexibility index (Phi) is 4.70. The topological polar surface area (TPSA) is 94.0 Å². The molecule has 2 N–H and O–H groups in total. The molecule has 1 fully saturated rings. The number of amides is 2. The van der Waals surface area contributed by atoms with Crippen LogP contribution in [0.2, 0.25) is 0 Å². The fourth-order valence-corrected chi connectivity index (χ4v) is 2.67. The third-order valence-corrected chi connectivity index (χ3v) is 3.94. The largest absolute Gasteiger partial charge is 0.376 e. The molecule has 128 valence electrons. The minimum atomic E-state index is -0.482. The van der Waals surface area contributed by atoms with Crippen LogP contribution >= 0.6 is 0 Å². The van der Waals surface area contributed by atoms with Gasteiger partial charge in [-0.1, -0.05) is 0 Å². The Morgan fingerprint density at radius 1 is 1.50 bits per heavy atom. The Bertz CT molecular complexity index is 729. The summed E-state index contributed by atoms with van der Waals surface area (Å²) in [6.07, 6.45) is 1.97. The summed E-state index contributed by atoms with van der Waals surface area (Å²) < 4.78 is 20.8. The number of nitrogens with one attached hydrogen (secondary N) is 2. The molecule has 0 aliphatic carbocycles. The monoisotopic (exact) mass is 334 g/mol. The van der Waals surface area contributed by atoms with Gasteiger partial charge in [0.25, 0.3) is 0 Å². The van der Waals surface area contributed by atoms with Crippen molar-refractivity contribution in [3.63, 3.8) is 0 Å². The summed E-state index contributed by atoms with van der Waals surface area (Å²) in [6.45, 7) is 4.29. The van der Waals surface area contributed by atoms with Crippen LogP contribution in [0.4, 0.5) is 14.9 Å². The first-order valence-electron chi connectivity index (χ1n) is 7.78. The molecule has 2 atom stereocenters. The van der Waals surface area contributed by atoms with Crippen LogP contribution in [-0.2, 0) is 4.74 Å². The summed E-state index contributed by atoms with van der Waals surface area (Å²) in [7, 11) is 0. The van der Waals surface area contributed by atoms with Crippen LogP contribution in [-0.4, -0.2) is 45.0 Å². The Morgan fingerprint density at radius 3 is 3.00 bits per heavy atom. The van der Waals surface area contributed by atoms with Crippen molar-refractivity contribution >= 4 is 11.7 Å². The molecule has 0 saturated carbocycles. The van der Waals surface area contributed by atoms with Crippen molar-refractivity contribution in [2.75, 3.05) is 11.9 Å². The van der Waals surface area contributed by atoms with Crippen LogP contribution < -0.4 is 10.6 Å². The summed E-state index contributed by atoms with van der Waals surface area (Å²) in [5.41, 5.74) is 0.612. The third-order valence-electron chi connectivity index (χ3n) is 3.94. The zero-order chi connectivity index (χ0) is 17.1. The number of ether oxygens (including phenoxy) is 1. The molecular formula is C15H19FN6O2. The maximum absolute atomic E-state index is 14.0. The van der Waals surface area contributed by atoms with E-state index in [0.29, 0.717) is 11.5 Å². The van der Waals surface area contributed by atoms with Crippen molar-refractivity contribution in [2.24, 2.45) is 0 Å². The summed E-state index contributed by atoms with van der Waals surface area (Å²) in [4.78, 5) is 12.1. The van der Waals surface area contributed by atoms with Gasteiger partial charge in [0, 0.05) is 12.3 Å². The van der Waals surface area contributed by atoms with E-state index in [1.807, 2.05) is 6.92 Å². The van der Waals surface area contributed by atoms with E-state index in [-0.39, 0.29) is 23.9 Å². The maximum Gasteiger partial charge on any atom is 0.319 e. The Labute approximate surface area is 138 Å². The SMILES string of the molecule is Cc1nnnn1-c1cc(NC(=O)N[C@@H](C)[C@H]2CCCO2)ccc1F. The first-order chi connectivity index (χ1) is 11.5. The van der Waals surface area contributed by atoms with Crippen molar-refractivity contribution in [2.45, 2.75) is 38.8 Å². The van der Waals surface area contributed by atoms with Crippen LogP contribution in [0, 0.1) is 12.7 Å². The van der Waals surface area contributed by atoms with E-state index in [0.717, 1.165) is 19.4 Å². The molecule has 8 nitrogen and oxygen atoms in total.